The summed E-state index contributed by atoms with van der Waals surface area (Å²) in [5, 5.41) is 5.57. The minimum Gasteiger partial charge on any atom is -0.493 e. The minimum absolute atomic E-state index is 0.168. The average molecular weight is 516 g/mol. The number of ether oxygens (including phenoxy) is 2. The van der Waals surface area contributed by atoms with Crippen molar-refractivity contribution in [3.8, 4) is 11.5 Å². The Morgan fingerprint density at radius 3 is 2.59 bits per heavy atom. The van der Waals surface area contributed by atoms with Crippen molar-refractivity contribution in [1.29, 1.82) is 0 Å². The van der Waals surface area contributed by atoms with E-state index in [2.05, 4.69) is 5.10 Å². The highest BCUT2D eigenvalue weighted by molar-refractivity contribution is 6.32. The van der Waals surface area contributed by atoms with Gasteiger partial charge in [0.1, 0.15) is 12.4 Å². The number of fused-ring (bicyclic) bond motifs is 1. The number of hydrogen-bond donors (Lipinski definition) is 0. The third-order valence-corrected chi connectivity index (χ3v) is 7.11. The van der Waals surface area contributed by atoms with Crippen LogP contribution in [0.1, 0.15) is 60.5 Å². The van der Waals surface area contributed by atoms with Gasteiger partial charge in [0.05, 0.1) is 29.2 Å². The van der Waals surface area contributed by atoms with E-state index in [-0.39, 0.29) is 11.5 Å². The molecule has 4 aromatic rings. The van der Waals surface area contributed by atoms with E-state index >= 15 is 0 Å². The highest BCUT2D eigenvalue weighted by Crippen LogP contribution is 2.37. The van der Waals surface area contributed by atoms with Gasteiger partial charge >= 0.3 is 0 Å². The van der Waals surface area contributed by atoms with Gasteiger partial charge in [0.25, 0.3) is 5.56 Å². The van der Waals surface area contributed by atoms with Gasteiger partial charge in [-0.25, -0.2) is 4.98 Å². The van der Waals surface area contributed by atoms with Crippen LogP contribution in [0.15, 0.2) is 70.6 Å². The molecule has 37 heavy (non-hydrogen) atoms. The Kier molecular flexibility index (Phi) is 7.56. The van der Waals surface area contributed by atoms with Crippen molar-refractivity contribution in [1.82, 2.24) is 9.66 Å². The summed E-state index contributed by atoms with van der Waals surface area (Å²) in [7, 11) is 1.57. The van der Waals surface area contributed by atoms with Crippen LogP contribution in [0.5, 0.6) is 11.5 Å². The highest BCUT2D eigenvalue weighted by atomic mass is 35.5. The number of nitrogens with zero attached hydrogens (tertiary/aromatic N) is 3. The third-order valence-electron chi connectivity index (χ3n) is 6.83. The van der Waals surface area contributed by atoms with E-state index < -0.39 is 0 Å². The number of hydrogen-bond acceptors (Lipinski definition) is 5. The maximum absolute atomic E-state index is 13.4. The lowest BCUT2D eigenvalue weighted by Gasteiger charge is -2.22. The van der Waals surface area contributed by atoms with Crippen LogP contribution in [0.2, 0.25) is 5.02 Å². The normalized spacial score (nSPS) is 14.4. The second kappa shape index (κ2) is 11.2. The fourth-order valence-corrected chi connectivity index (χ4v) is 5.07. The Morgan fingerprint density at radius 2 is 1.84 bits per heavy atom. The summed E-state index contributed by atoms with van der Waals surface area (Å²) >= 11 is 6.60. The fourth-order valence-electron chi connectivity index (χ4n) is 4.80. The minimum atomic E-state index is -0.168. The molecular formula is C30H30ClN3O3. The molecule has 6 nitrogen and oxygen atoms in total. The number of aryl methyl sites for hydroxylation is 1. The monoisotopic (exact) mass is 515 g/mol. The Balaban J connectivity index is 1.47. The number of halogens is 1. The molecule has 0 saturated heterocycles. The largest absolute Gasteiger partial charge is 0.493 e. The van der Waals surface area contributed by atoms with Crippen LogP contribution in [0.3, 0.4) is 0 Å². The standard InChI is InChI=1S/C30H30ClN3O3/c1-20-12-14-21(15-13-20)19-37-28-25(31)16-22(17-27(28)36-2)18-32-34-29(23-8-4-3-5-9-23)33-26-11-7-6-10-24(26)30(34)35/h6-7,10-18,23H,3-5,8-9,19H2,1-2H3. The number of methoxy groups -OCH3 is 1. The van der Waals surface area contributed by atoms with Crippen molar-refractivity contribution >= 4 is 28.7 Å². The summed E-state index contributed by atoms with van der Waals surface area (Å²) in [6.45, 7) is 2.41. The Bertz CT molecular complexity index is 1490. The van der Waals surface area contributed by atoms with E-state index in [0.29, 0.717) is 39.6 Å². The number of benzene rings is 3. The van der Waals surface area contributed by atoms with Gasteiger partial charge in [-0.15, -0.1) is 0 Å². The van der Waals surface area contributed by atoms with Gasteiger partial charge < -0.3 is 9.47 Å². The zero-order chi connectivity index (χ0) is 25.8. The molecule has 1 fully saturated rings. The maximum Gasteiger partial charge on any atom is 0.282 e. The van der Waals surface area contributed by atoms with Crippen molar-refractivity contribution in [3.63, 3.8) is 0 Å². The van der Waals surface area contributed by atoms with E-state index in [1.54, 1.807) is 31.5 Å². The molecule has 0 N–H and O–H groups in total. The Labute approximate surface area is 221 Å². The topological polar surface area (TPSA) is 65.7 Å². The van der Waals surface area contributed by atoms with Crippen molar-refractivity contribution in [2.24, 2.45) is 5.10 Å². The second-order valence-corrected chi connectivity index (χ2v) is 9.90. The molecule has 5 rings (SSSR count). The Morgan fingerprint density at radius 1 is 1.08 bits per heavy atom. The number of rotatable bonds is 7. The Hall–Kier alpha value is -3.64. The zero-order valence-electron chi connectivity index (χ0n) is 21.1. The molecule has 1 aromatic heterocycles. The van der Waals surface area contributed by atoms with Gasteiger partial charge in [-0.1, -0.05) is 72.8 Å². The number of aromatic nitrogens is 2. The van der Waals surface area contributed by atoms with Crippen LogP contribution < -0.4 is 15.0 Å². The van der Waals surface area contributed by atoms with Crippen molar-refractivity contribution < 1.29 is 9.47 Å². The molecule has 1 heterocycles. The molecule has 1 aliphatic rings. The predicted molar refractivity (Wildman–Crippen MR) is 148 cm³/mol. The van der Waals surface area contributed by atoms with Crippen LogP contribution in [0.4, 0.5) is 0 Å². The van der Waals surface area contributed by atoms with E-state index in [0.717, 1.165) is 37.1 Å². The van der Waals surface area contributed by atoms with Crippen LogP contribution in [-0.2, 0) is 6.61 Å². The quantitative estimate of drug-likeness (QED) is 0.252. The first-order valence-electron chi connectivity index (χ1n) is 12.7. The van der Waals surface area contributed by atoms with E-state index in [1.807, 2.05) is 49.4 Å². The fraction of sp³-hybridized carbons (Fsp3) is 0.300. The van der Waals surface area contributed by atoms with Crippen LogP contribution in [-0.4, -0.2) is 23.0 Å². The van der Waals surface area contributed by atoms with Gasteiger partial charge in [-0.3, -0.25) is 4.79 Å². The molecule has 0 amide bonds. The SMILES string of the molecule is COc1cc(C=Nn2c(C3CCCCC3)nc3ccccc3c2=O)cc(Cl)c1OCc1ccc(C)cc1. The summed E-state index contributed by atoms with van der Waals surface area (Å²) in [6, 6.07) is 19.1. The first-order chi connectivity index (χ1) is 18.0. The summed E-state index contributed by atoms with van der Waals surface area (Å²) in [5.41, 5.74) is 3.46. The third kappa shape index (κ3) is 5.54. The predicted octanol–water partition coefficient (Wildman–Crippen LogP) is 6.88. The molecule has 190 valence electrons. The highest BCUT2D eigenvalue weighted by Gasteiger charge is 2.22. The van der Waals surface area contributed by atoms with Crippen molar-refractivity contribution in [2.45, 2.75) is 51.6 Å². The molecule has 0 bridgehead atoms. The average Bonchev–Trinajstić information content (AvgIpc) is 2.93. The maximum atomic E-state index is 13.4. The van der Waals surface area contributed by atoms with E-state index in [4.69, 9.17) is 26.1 Å². The molecule has 0 atom stereocenters. The lowest BCUT2D eigenvalue weighted by Crippen LogP contribution is -2.25. The van der Waals surface area contributed by atoms with Crippen LogP contribution in [0.25, 0.3) is 10.9 Å². The molecule has 0 spiro atoms. The summed E-state index contributed by atoms with van der Waals surface area (Å²) in [6.07, 6.45) is 7.12. The summed E-state index contributed by atoms with van der Waals surface area (Å²) in [4.78, 5) is 18.3. The van der Waals surface area contributed by atoms with Crippen LogP contribution >= 0.6 is 11.6 Å². The van der Waals surface area contributed by atoms with Crippen molar-refractivity contribution in [3.05, 3.63) is 98.6 Å². The molecule has 7 heteroatoms. The molecule has 1 saturated carbocycles. The molecule has 1 aliphatic carbocycles. The van der Waals surface area contributed by atoms with Gasteiger partial charge in [-0.2, -0.15) is 9.78 Å². The lowest BCUT2D eigenvalue weighted by molar-refractivity contribution is 0.284. The molecule has 3 aromatic carbocycles. The van der Waals surface area contributed by atoms with Gasteiger partial charge in [-0.05, 0) is 55.2 Å². The molecule has 0 radical (unpaired) electrons. The van der Waals surface area contributed by atoms with Crippen LogP contribution in [0, 0.1) is 6.92 Å². The molecular weight excluding hydrogens is 486 g/mol. The number of para-hydroxylation sites is 1. The summed E-state index contributed by atoms with van der Waals surface area (Å²) < 4.78 is 13.0. The lowest BCUT2D eigenvalue weighted by atomic mass is 9.88. The van der Waals surface area contributed by atoms with Gasteiger partial charge in [0, 0.05) is 5.92 Å². The van der Waals surface area contributed by atoms with E-state index in [9.17, 15) is 4.79 Å². The van der Waals surface area contributed by atoms with Gasteiger partial charge in [0.2, 0.25) is 0 Å². The second-order valence-electron chi connectivity index (χ2n) is 9.49. The van der Waals surface area contributed by atoms with Gasteiger partial charge in [0.15, 0.2) is 11.5 Å². The van der Waals surface area contributed by atoms with E-state index in [1.165, 1.54) is 16.7 Å². The first-order valence-corrected chi connectivity index (χ1v) is 13.0. The molecule has 0 aliphatic heterocycles. The summed E-state index contributed by atoms with van der Waals surface area (Å²) in [5.74, 6) is 1.89. The smallest absolute Gasteiger partial charge is 0.282 e. The first kappa shape index (κ1) is 25.0. The van der Waals surface area contributed by atoms with Crippen molar-refractivity contribution in [2.75, 3.05) is 7.11 Å². The zero-order valence-corrected chi connectivity index (χ0v) is 21.9. The molecule has 0 unspecified atom stereocenters.